The van der Waals surface area contributed by atoms with E-state index in [1.54, 1.807) is 24.5 Å². The van der Waals surface area contributed by atoms with Gasteiger partial charge in [0, 0.05) is 61.4 Å². The van der Waals surface area contributed by atoms with Crippen LogP contribution in [0.15, 0.2) is 48.8 Å². The van der Waals surface area contributed by atoms with Crippen LogP contribution in [0.1, 0.15) is 16.8 Å². The molecule has 1 aromatic carbocycles. The molecule has 0 atom stereocenters. The first kappa shape index (κ1) is 17.7. The second kappa shape index (κ2) is 8.83. The molecule has 132 valence electrons. The molecule has 1 aromatic heterocycles. The van der Waals surface area contributed by atoms with Gasteiger partial charge in [0.2, 0.25) is 0 Å². The molecular weight excluding hydrogens is 336 g/mol. The van der Waals surface area contributed by atoms with Gasteiger partial charge in [0.05, 0.1) is 0 Å². The van der Waals surface area contributed by atoms with Gasteiger partial charge in [-0.3, -0.25) is 14.7 Å². The molecule has 0 unspecified atom stereocenters. The summed E-state index contributed by atoms with van der Waals surface area (Å²) in [6, 6.07) is 11.5. The van der Waals surface area contributed by atoms with Crippen LogP contribution in [-0.2, 0) is 0 Å². The molecule has 25 heavy (non-hydrogen) atoms. The molecule has 2 aromatic rings. The van der Waals surface area contributed by atoms with E-state index >= 15 is 0 Å². The fraction of sp³-hybridized carbons (Fsp3) is 0.368. The zero-order valence-electron chi connectivity index (χ0n) is 14.2. The molecule has 1 fully saturated rings. The van der Waals surface area contributed by atoms with Gasteiger partial charge in [-0.15, -0.1) is 0 Å². The van der Waals surface area contributed by atoms with Crippen molar-refractivity contribution in [3.8, 4) is 0 Å². The summed E-state index contributed by atoms with van der Waals surface area (Å²) < 4.78 is 0. The Bertz CT molecular complexity index is 670. The highest BCUT2D eigenvalue weighted by Crippen LogP contribution is 2.19. The zero-order valence-corrected chi connectivity index (χ0v) is 15.0. The maximum atomic E-state index is 12.0. The Kier molecular flexibility index (Phi) is 6.25. The third kappa shape index (κ3) is 5.18. The van der Waals surface area contributed by atoms with Crippen molar-refractivity contribution < 1.29 is 4.79 Å². The maximum Gasteiger partial charge on any atom is 0.251 e. The summed E-state index contributed by atoms with van der Waals surface area (Å²) in [5.41, 5.74) is 1.89. The quantitative estimate of drug-likeness (QED) is 0.806. The van der Waals surface area contributed by atoms with Gasteiger partial charge in [-0.05, 0) is 49.4 Å². The lowest BCUT2D eigenvalue weighted by Crippen LogP contribution is -2.47. The smallest absolute Gasteiger partial charge is 0.251 e. The van der Waals surface area contributed by atoms with Crippen LogP contribution in [0, 0.1) is 0 Å². The van der Waals surface area contributed by atoms with E-state index in [9.17, 15) is 4.79 Å². The number of rotatable bonds is 6. The topological polar surface area (TPSA) is 48.5 Å². The van der Waals surface area contributed by atoms with Crippen molar-refractivity contribution in [2.45, 2.75) is 6.42 Å². The average Bonchev–Trinajstić information content (AvgIpc) is 2.67. The van der Waals surface area contributed by atoms with Crippen LogP contribution < -0.4 is 10.2 Å². The first-order valence-corrected chi connectivity index (χ1v) is 9.01. The van der Waals surface area contributed by atoms with Gasteiger partial charge < -0.3 is 10.2 Å². The Labute approximate surface area is 153 Å². The molecule has 1 aliphatic rings. The number of nitrogens with zero attached hydrogens (tertiary/aromatic N) is 3. The Morgan fingerprint density at radius 2 is 1.72 bits per heavy atom. The van der Waals surface area contributed by atoms with Crippen molar-refractivity contribution in [3.05, 3.63) is 59.4 Å². The van der Waals surface area contributed by atoms with Crippen molar-refractivity contribution >= 4 is 23.2 Å². The standard InChI is InChI=1S/C19H23ClN4O/c20-17-2-4-18(5-3-17)24-14-12-23(13-15-24)11-1-8-22-19(25)16-6-9-21-10-7-16/h2-7,9-10H,1,8,11-15H2,(H,22,25). The largest absolute Gasteiger partial charge is 0.369 e. The lowest BCUT2D eigenvalue weighted by atomic mass is 10.2. The van der Waals surface area contributed by atoms with Gasteiger partial charge in [-0.1, -0.05) is 11.6 Å². The minimum atomic E-state index is -0.0324. The number of amides is 1. The molecule has 2 heterocycles. The number of carbonyl (C=O) groups excluding carboxylic acids is 1. The van der Waals surface area contributed by atoms with E-state index in [-0.39, 0.29) is 5.91 Å². The molecule has 0 saturated carbocycles. The average molecular weight is 359 g/mol. The summed E-state index contributed by atoms with van der Waals surface area (Å²) >= 11 is 5.95. The molecule has 3 rings (SSSR count). The molecule has 0 radical (unpaired) electrons. The van der Waals surface area contributed by atoms with Gasteiger partial charge in [0.15, 0.2) is 0 Å². The summed E-state index contributed by atoms with van der Waals surface area (Å²) in [4.78, 5) is 20.7. The highest BCUT2D eigenvalue weighted by atomic mass is 35.5. The van der Waals surface area contributed by atoms with E-state index in [1.165, 1.54) is 5.69 Å². The molecule has 1 aliphatic heterocycles. The molecular formula is C19H23ClN4O. The third-order valence-electron chi connectivity index (χ3n) is 4.44. The van der Waals surface area contributed by atoms with Crippen LogP contribution in [0.5, 0.6) is 0 Å². The molecule has 0 aliphatic carbocycles. The fourth-order valence-electron chi connectivity index (χ4n) is 2.99. The van der Waals surface area contributed by atoms with E-state index in [2.05, 4.69) is 32.2 Å². The molecule has 0 spiro atoms. The normalized spacial score (nSPS) is 15.2. The zero-order chi connectivity index (χ0) is 17.5. The minimum Gasteiger partial charge on any atom is -0.369 e. The maximum absolute atomic E-state index is 12.0. The Morgan fingerprint density at radius 3 is 2.40 bits per heavy atom. The molecule has 1 N–H and O–H groups in total. The summed E-state index contributed by atoms with van der Waals surface area (Å²) in [5, 5.41) is 3.74. The summed E-state index contributed by atoms with van der Waals surface area (Å²) in [7, 11) is 0. The highest BCUT2D eigenvalue weighted by molar-refractivity contribution is 6.30. The first-order chi connectivity index (χ1) is 12.2. The number of pyridine rings is 1. The molecule has 6 heteroatoms. The first-order valence-electron chi connectivity index (χ1n) is 8.63. The predicted molar refractivity (Wildman–Crippen MR) is 101 cm³/mol. The highest BCUT2D eigenvalue weighted by Gasteiger charge is 2.16. The lowest BCUT2D eigenvalue weighted by Gasteiger charge is -2.36. The monoisotopic (exact) mass is 358 g/mol. The summed E-state index contributed by atoms with van der Waals surface area (Å²) in [6.07, 6.45) is 4.22. The SMILES string of the molecule is O=C(NCCCN1CCN(c2ccc(Cl)cc2)CC1)c1ccncc1. The van der Waals surface area contributed by atoms with Crippen molar-refractivity contribution in [2.24, 2.45) is 0 Å². The number of hydrogen-bond acceptors (Lipinski definition) is 4. The molecule has 1 saturated heterocycles. The van der Waals surface area contributed by atoms with E-state index in [4.69, 9.17) is 11.6 Å². The summed E-state index contributed by atoms with van der Waals surface area (Å²) in [6.45, 7) is 5.82. The van der Waals surface area contributed by atoms with Gasteiger partial charge in [0.25, 0.3) is 5.91 Å². The van der Waals surface area contributed by atoms with Crippen LogP contribution in [-0.4, -0.2) is 55.1 Å². The summed E-state index contributed by atoms with van der Waals surface area (Å²) in [5.74, 6) is -0.0324. The number of piperazine rings is 1. The number of benzene rings is 1. The van der Waals surface area contributed by atoms with Crippen molar-refractivity contribution in [1.29, 1.82) is 0 Å². The second-order valence-electron chi connectivity index (χ2n) is 6.15. The number of carbonyl (C=O) groups is 1. The van der Waals surface area contributed by atoms with E-state index in [0.717, 1.165) is 44.2 Å². The number of aromatic nitrogens is 1. The van der Waals surface area contributed by atoms with Crippen molar-refractivity contribution in [2.75, 3.05) is 44.2 Å². The van der Waals surface area contributed by atoms with Crippen LogP contribution in [0.3, 0.4) is 0 Å². The molecule has 0 bridgehead atoms. The van der Waals surface area contributed by atoms with Gasteiger partial charge in [-0.25, -0.2) is 0 Å². The number of nitrogens with one attached hydrogen (secondary N) is 1. The van der Waals surface area contributed by atoms with Crippen molar-refractivity contribution in [1.82, 2.24) is 15.2 Å². The number of hydrogen-bond donors (Lipinski definition) is 1. The van der Waals surface area contributed by atoms with Crippen LogP contribution in [0.25, 0.3) is 0 Å². The van der Waals surface area contributed by atoms with Crippen molar-refractivity contribution in [3.63, 3.8) is 0 Å². The fourth-order valence-corrected chi connectivity index (χ4v) is 3.12. The minimum absolute atomic E-state index is 0.0324. The second-order valence-corrected chi connectivity index (χ2v) is 6.59. The lowest BCUT2D eigenvalue weighted by molar-refractivity contribution is 0.0951. The molecule has 1 amide bonds. The van der Waals surface area contributed by atoms with E-state index in [0.29, 0.717) is 12.1 Å². The third-order valence-corrected chi connectivity index (χ3v) is 4.70. The van der Waals surface area contributed by atoms with Gasteiger partial charge >= 0.3 is 0 Å². The van der Waals surface area contributed by atoms with E-state index in [1.807, 2.05) is 12.1 Å². The van der Waals surface area contributed by atoms with Gasteiger partial charge in [-0.2, -0.15) is 0 Å². The Hall–Kier alpha value is -2.11. The Morgan fingerprint density at radius 1 is 1.04 bits per heavy atom. The van der Waals surface area contributed by atoms with E-state index < -0.39 is 0 Å². The molecule has 5 nitrogen and oxygen atoms in total. The van der Waals surface area contributed by atoms with Crippen LogP contribution >= 0.6 is 11.6 Å². The van der Waals surface area contributed by atoms with Crippen LogP contribution in [0.2, 0.25) is 5.02 Å². The predicted octanol–water partition coefficient (Wildman–Crippen LogP) is 2.68. The van der Waals surface area contributed by atoms with Gasteiger partial charge in [0.1, 0.15) is 0 Å². The Balaban J connectivity index is 1.34. The van der Waals surface area contributed by atoms with Crippen LogP contribution in [0.4, 0.5) is 5.69 Å². The number of anilines is 1. The number of halogens is 1.